The number of hydrogen-bond donors (Lipinski definition) is 4. The van der Waals surface area contributed by atoms with Crippen molar-refractivity contribution in [1.29, 1.82) is 0 Å². The van der Waals surface area contributed by atoms with Crippen LogP contribution in [0.25, 0.3) is 0 Å². The Balaban J connectivity index is 0.00000420. The van der Waals surface area contributed by atoms with Crippen molar-refractivity contribution in [1.82, 2.24) is 10.6 Å². The molecule has 0 radical (unpaired) electrons. The van der Waals surface area contributed by atoms with Gasteiger partial charge in [-0.1, -0.05) is 52.3 Å². The van der Waals surface area contributed by atoms with Crippen LogP contribution >= 0.6 is 39.9 Å². The van der Waals surface area contributed by atoms with Crippen LogP contribution in [-0.4, -0.2) is 43.2 Å². The minimum absolute atomic E-state index is 0. The van der Waals surface area contributed by atoms with E-state index in [0.717, 1.165) is 21.3 Å². The molecule has 0 saturated heterocycles. The van der Waals surface area contributed by atoms with Gasteiger partial charge in [0.15, 0.2) is 5.96 Å². The fourth-order valence-corrected chi connectivity index (χ4v) is 3.01. The number of aliphatic imine (C=N–C) groups is 1. The third-order valence-corrected chi connectivity index (χ3v) is 4.70. The molecule has 0 aromatic heterocycles. The highest BCUT2D eigenvalue weighted by Gasteiger charge is 2.11. The monoisotopic (exact) mass is 574 g/mol. The molecule has 0 fully saturated rings. The number of aliphatic hydroxyl groups excluding tert-OH is 1. The lowest BCUT2D eigenvalue weighted by atomic mass is 10.0. The fourth-order valence-electron chi connectivity index (χ4n) is 2.64. The first-order chi connectivity index (χ1) is 13.5. The van der Waals surface area contributed by atoms with Crippen molar-refractivity contribution in [2.24, 2.45) is 4.99 Å². The molecule has 2 aromatic carbocycles. The number of nitrogens with one attached hydrogen (secondary N) is 3. The van der Waals surface area contributed by atoms with Crippen LogP contribution < -0.4 is 16.0 Å². The maximum atomic E-state index is 12.3. The lowest BCUT2D eigenvalue weighted by Crippen LogP contribution is -2.40. The van der Waals surface area contributed by atoms with Gasteiger partial charge in [0, 0.05) is 29.2 Å². The van der Waals surface area contributed by atoms with Crippen LogP contribution in [-0.2, 0) is 4.79 Å². The molecule has 1 unspecified atom stereocenters. The van der Waals surface area contributed by atoms with E-state index in [4.69, 9.17) is 0 Å². The topological polar surface area (TPSA) is 85.8 Å². The van der Waals surface area contributed by atoms with E-state index in [2.05, 4.69) is 36.9 Å². The minimum Gasteiger partial charge on any atom is -0.396 e. The SMILES string of the molecule is CCNC(=NCC(=O)Nc1cc(Br)ccc1C)NCC(CO)c1ccccc1.I. The normalized spacial score (nSPS) is 11.9. The zero-order valence-corrected chi connectivity index (χ0v) is 20.5. The molecule has 158 valence electrons. The maximum Gasteiger partial charge on any atom is 0.246 e. The molecular weight excluding hydrogens is 547 g/mol. The van der Waals surface area contributed by atoms with Crippen LogP contribution in [0.4, 0.5) is 5.69 Å². The lowest BCUT2D eigenvalue weighted by molar-refractivity contribution is -0.114. The average molecular weight is 575 g/mol. The molecule has 0 spiro atoms. The molecule has 0 aliphatic carbocycles. The Morgan fingerprint density at radius 3 is 2.55 bits per heavy atom. The second kappa shape index (κ2) is 13.6. The summed E-state index contributed by atoms with van der Waals surface area (Å²) in [6.07, 6.45) is 0. The van der Waals surface area contributed by atoms with Crippen molar-refractivity contribution in [2.75, 3.05) is 31.6 Å². The Morgan fingerprint density at radius 1 is 1.17 bits per heavy atom. The number of benzene rings is 2. The number of aliphatic hydroxyl groups is 1. The number of guanidine groups is 1. The second-order valence-corrected chi connectivity index (χ2v) is 7.29. The first-order valence-corrected chi connectivity index (χ1v) is 10.1. The van der Waals surface area contributed by atoms with E-state index in [-0.39, 0.29) is 49.0 Å². The first-order valence-electron chi connectivity index (χ1n) is 9.27. The van der Waals surface area contributed by atoms with Crippen LogP contribution in [0.2, 0.25) is 0 Å². The van der Waals surface area contributed by atoms with E-state index in [1.807, 2.05) is 62.4 Å². The molecule has 0 heterocycles. The van der Waals surface area contributed by atoms with Crippen LogP contribution in [0.3, 0.4) is 0 Å². The number of nitrogens with zero attached hydrogens (tertiary/aromatic N) is 1. The van der Waals surface area contributed by atoms with Gasteiger partial charge in [-0.05, 0) is 37.1 Å². The average Bonchev–Trinajstić information content (AvgIpc) is 2.70. The van der Waals surface area contributed by atoms with E-state index in [1.54, 1.807) is 0 Å². The Morgan fingerprint density at radius 2 is 1.90 bits per heavy atom. The number of amides is 1. The van der Waals surface area contributed by atoms with Gasteiger partial charge < -0.3 is 21.1 Å². The fraction of sp³-hybridized carbons (Fsp3) is 0.333. The van der Waals surface area contributed by atoms with Gasteiger partial charge >= 0.3 is 0 Å². The quantitative estimate of drug-likeness (QED) is 0.220. The first kappa shape index (κ1) is 25.4. The lowest BCUT2D eigenvalue weighted by Gasteiger charge is -2.18. The van der Waals surface area contributed by atoms with Gasteiger partial charge in [0.05, 0.1) is 6.61 Å². The van der Waals surface area contributed by atoms with Crippen molar-refractivity contribution in [2.45, 2.75) is 19.8 Å². The summed E-state index contributed by atoms with van der Waals surface area (Å²) in [5.74, 6) is 0.293. The number of hydrogen-bond acceptors (Lipinski definition) is 3. The third kappa shape index (κ3) is 8.71. The van der Waals surface area contributed by atoms with Crippen LogP contribution in [0.1, 0.15) is 24.0 Å². The summed E-state index contributed by atoms with van der Waals surface area (Å²) in [6, 6.07) is 15.6. The van der Waals surface area contributed by atoms with E-state index in [0.29, 0.717) is 19.0 Å². The molecule has 6 nitrogen and oxygen atoms in total. The largest absolute Gasteiger partial charge is 0.396 e. The minimum atomic E-state index is -0.194. The molecule has 1 amide bonds. The summed E-state index contributed by atoms with van der Waals surface area (Å²) in [4.78, 5) is 16.6. The standard InChI is InChI=1S/C21H27BrN4O2.HI/c1-3-23-21(24-12-17(14-27)16-7-5-4-6-8-16)25-13-20(28)26-19-11-18(22)10-9-15(19)2;/h4-11,17,27H,3,12-14H2,1-2H3,(H,26,28)(H2,23,24,25);1H. The molecule has 2 aromatic rings. The molecule has 8 heteroatoms. The number of aryl methyl sites for hydroxylation is 1. The van der Waals surface area contributed by atoms with Gasteiger partial charge in [-0.15, -0.1) is 24.0 Å². The molecule has 29 heavy (non-hydrogen) atoms. The summed E-state index contributed by atoms with van der Waals surface area (Å²) in [6.45, 7) is 5.11. The van der Waals surface area contributed by atoms with Gasteiger partial charge in [0.25, 0.3) is 0 Å². The van der Waals surface area contributed by atoms with Gasteiger partial charge in [-0.25, -0.2) is 4.99 Å². The number of carbonyl (C=O) groups excluding carboxylic acids is 1. The van der Waals surface area contributed by atoms with Gasteiger partial charge in [-0.3, -0.25) is 4.79 Å². The van der Waals surface area contributed by atoms with Crippen molar-refractivity contribution in [3.05, 3.63) is 64.1 Å². The van der Waals surface area contributed by atoms with Crippen molar-refractivity contribution >= 4 is 57.5 Å². The van der Waals surface area contributed by atoms with E-state index < -0.39 is 0 Å². The molecule has 4 N–H and O–H groups in total. The molecule has 0 bridgehead atoms. The highest BCUT2D eigenvalue weighted by Crippen LogP contribution is 2.20. The highest BCUT2D eigenvalue weighted by molar-refractivity contribution is 14.0. The molecular formula is C21H28BrIN4O2. The summed E-state index contributed by atoms with van der Waals surface area (Å²) < 4.78 is 0.905. The van der Waals surface area contributed by atoms with Gasteiger partial charge in [0.2, 0.25) is 5.91 Å². The predicted molar refractivity (Wildman–Crippen MR) is 133 cm³/mol. The van der Waals surface area contributed by atoms with Crippen molar-refractivity contribution in [3.8, 4) is 0 Å². The van der Waals surface area contributed by atoms with Crippen LogP contribution in [0.5, 0.6) is 0 Å². The number of rotatable bonds is 8. The second-order valence-electron chi connectivity index (χ2n) is 6.37. The van der Waals surface area contributed by atoms with E-state index >= 15 is 0 Å². The smallest absolute Gasteiger partial charge is 0.246 e. The van der Waals surface area contributed by atoms with Gasteiger partial charge in [0.1, 0.15) is 6.54 Å². The molecule has 0 aliphatic heterocycles. The third-order valence-electron chi connectivity index (χ3n) is 4.21. The number of carbonyl (C=O) groups is 1. The summed E-state index contributed by atoms with van der Waals surface area (Å²) in [5, 5.41) is 18.9. The summed E-state index contributed by atoms with van der Waals surface area (Å²) >= 11 is 3.41. The molecule has 0 aliphatic rings. The predicted octanol–water partition coefficient (Wildman–Crippen LogP) is 3.65. The van der Waals surface area contributed by atoms with Crippen LogP contribution in [0, 0.1) is 6.92 Å². The Hall–Kier alpha value is -1.65. The van der Waals surface area contributed by atoms with Gasteiger partial charge in [-0.2, -0.15) is 0 Å². The van der Waals surface area contributed by atoms with E-state index in [9.17, 15) is 9.90 Å². The Labute approximate surface area is 197 Å². The molecule has 0 saturated carbocycles. The highest BCUT2D eigenvalue weighted by atomic mass is 127. The van der Waals surface area contributed by atoms with Crippen molar-refractivity contribution in [3.63, 3.8) is 0 Å². The van der Waals surface area contributed by atoms with E-state index in [1.165, 1.54) is 0 Å². The maximum absolute atomic E-state index is 12.3. The zero-order chi connectivity index (χ0) is 20.4. The molecule has 1 atom stereocenters. The Bertz CT molecular complexity index is 803. The Kier molecular flexibility index (Phi) is 11.9. The zero-order valence-electron chi connectivity index (χ0n) is 16.6. The summed E-state index contributed by atoms with van der Waals surface area (Å²) in [7, 11) is 0. The molecule has 2 rings (SSSR count). The summed E-state index contributed by atoms with van der Waals surface area (Å²) in [5.41, 5.74) is 2.80. The number of anilines is 1. The van der Waals surface area contributed by atoms with Crippen molar-refractivity contribution < 1.29 is 9.90 Å². The number of halogens is 2. The van der Waals surface area contributed by atoms with Crippen LogP contribution in [0.15, 0.2) is 58.0 Å².